The van der Waals surface area contributed by atoms with Gasteiger partial charge in [0.2, 0.25) is 0 Å². The predicted molar refractivity (Wildman–Crippen MR) is 117 cm³/mol. The van der Waals surface area contributed by atoms with E-state index < -0.39 is 29.4 Å². The van der Waals surface area contributed by atoms with Gasteiger partial charge < -0.3 is 25.3 Å². The Hall–Kier alpha value is -2.81. The second-order valence-electron chi connectivity index (χ2n) is 7.47. The van der Waals surface area contributed by atoms with Crippen LogP contribution in [0.1, 0.15) is 46.1 Å². The lowest BCUT2D eigenvalue weighted by molar-refractivity contribution is -0.149. The van der Waals surface area contributed by atoms with Gasteiger partial charge in [-0.3, -0.25) is 0 Å². The first-order valence-corrected chi connectivity index (χ1v) is 10.9. The number of nitrogens with one attached hydrogen (secondary N) is 1. The van der Waals surface area contributed by atoms with Crippen molar-refractivity contribution >= 4 is 39.5 Å². The Morgan fingerprint density at radius 3 is 2.55 bits per heavy atom. The van der Waals surface area contributed by atoms with Gasteiger partial charge in [-0.1, -0.05) is 22.9 Å². The molecule has 3 N–H and O–H groups in total. The van der Waals surface area contributed by atoms with Gasteiger partial charge in [0.05, 0.1) is 12.7 Å². The first-order chi connectivity index (χ1) is 14.7. The van der Waals surface area contributed by atoms with Crippen LogP contribution in [0.5, 0.6) is 0 Å². The fourth-order valence-corrected chi connectivity index (χ4v) is 4.27. The number of anilines is 1. The molecule has 0 fully saturated rings. The molecule has 0 bridgehead atoms. The van der Waals surface area contributed by atoms with Gasteiger partial charge in [-0.05, 0) is 45.4 Å². The molecule has 1 spiro atoms. The number of nitrogens with two attached hydrogens (primary N) is 1. The summed E-state index contributed by atoms with van der Waals surface area (Å²) in [7, 11) is 0. The number of cyclic esters (lactones) is 1. The molecule has 3 rings (SSSR count). The van der Waals surface area contributed by atoms with Crippen LogP contribution in [0.3, 0.4) is 0 Å². The summed E-state index contributed by atoms with van der Waals surface area (Å²) in [4.78, 5) is 40.0. The Labute approximate surface area is 188 Å². The zero-order valence-electron chi connectivity index (χ0n) is 17.8. The minimum atomic E-state index is -1.91. The third-order valence-corrected chi connectivity index (χ3v) is 5.47. The Kier molecular flexibility index (Phi) is 6.45. The van der Waals surface area contributed by atoms with E-state index in [0.29, 0.717) is 28.6 Å². The van der Waals surface area contributed by atoms with E-state index in [0.717, 1.165) is 0 Å². The summed E-state index contributed by atoms with van der Waals surface area (Å²) >= 11 is 3.41. The van der Waals surface area contributed by atoms with Crippen molar-refractivity contribution in [2.24, 2.45) is 5.73 Å². The third-order valence-electron chi connectivity index (χ3n) is 4.98. The normalized spacial score (nSPS) is 20.0. The van der Waals surface area contributed by atoms with Gasteiger partial charge in [0, 0.05) is 22.1 Å². The maximum Gasteiger partial charge on any atom is 0.339 e. The molecule has 8 nitrogen and oxygen atoms in total. The molecule has 2 aliphatic rings. The van der Waals surface area contributed by atoms with Gasteiger partial charge in [0.1, 0.15) is 22.7 Å². The van der Waals surface area contributed by atoms with Crippen molar-refractivity contribution in [3.63, 3.8) is 0 Å². The Morgan fingerprint density at radius 1 is 1.23 bits per heavy atom. The van der Waals surface area contributed by atoms with E-state index in [9.17, 15) is 14.4 Å². The van der Waals surface area contributed by atoms with Gasteiger partial charge in [0.15, 0.2) is 5.41 Å². The number of hydrogen-bond donors (Lipinski definition) is 2. The zero-order chi connectivity index (χ0) is 22.9. The third kappa shape index (κ3) is 3.71. The molecule has 0 unspecified atom stereocenters. The molecule has 0 aromatic heterocycles. The summed E-state index contributed by atoms with van der Waals surface area (Å²) in [6, 6.07) is 5.12. The van der Waals surface area contributed by atoms with Crippen molar-refractivity contribution in [2.75, 3.05) is 11.9 Å². The largest absolute Gasteiger partial charge is 0.462 e. The average molecular weight is 493 g/mol. The maximum absolute atomic E-state index is 13.6. The fourth-order valence-electron chi connectivity index (χ4n) is 3.91. The van der Waals surface area contributed by atoms with Crippen LogP contribution in [0.15, 0.2) is 45.4 Å². The van der Waals surface area contributed by atoms with Gasteiger partial charge in [-0.25, -0.2) is 14.4 Å². The maximum atomic E-state index is 13.6. The molecule has 0 saturated heterocycles. The highest BCUT2D eigenvalue weighted by atomic mass is 79.9. The molecule has 31 heavy (non-hydrogen) atoms. The van der Waals surface area contributed by atoms with E-state index in [-0.39, 0.29) is 29.3 Å². The van der Waals surface area contributed by atoms with Crippen molar-refractivity contribution < 1.29 is 28.6 Å². The zero-order valence-corrected chi connectivity index (χ0v) is 19.4. The lowest BCUT2D eigenvalue weighted by Crippen LogP contribution is -2.48. The molecule has 1 aromatic rings. The molecular formula is C22H25BrN2O6. The van der Waals surface area contributed by atoms with E-state index in [1.54, 1.807) is 39.0 Å². The molecule has 9 heteroatoms. The average Bonchev–Trinajstić information content (AvgIpc) is 2.95. The number of benzene rings is 1. The highest BCUT2D eigenvalue weighted by molar-refractivity contribution is 9.10. The highest BCUT2D eigenvalue weighted by Gasteiger charge is 2.63. The van der Waals surface area contributed by atoms with E-state index in [1.165, 1.54) is 0 Å². The number of carbonyl (C=O) groups excluding carboxylic acids is 3. The molecule has 0 radical (unpaired) electrons. The first-order valence-electron chi connectivity index (χ1n) is 10.1. The molecule has 0 amide bonds. The van der Waals surface area contributed by atoms with Crippen LogP contribution in [-0.2, 0) is 34.0 Å². The van der Waals surface area contributed by atoms with Crippen LogP contribution >= 0.6 is 15.9 Å². The predicted octanol–water partition coefficient (Wildman–Crippen LogP) is 3.41. The first kappa shape index (κ1) is 22.9. The molecular weight excluding hydrogens is 468 g/mol. The van der Waals surface area contributed by atoms with Crippen LogP contribution in [-0.4, -0.2) is 30.6 Å². The van der Waals surface area contributed by atoms with E-state index in [1.807, 2.05) is 6.92 Å². The van der Waals surface area contributed by atoms with Crippen LogP contribution < -0.4 is 11.1 Å². The molecule has 2 aliphatic heterocycles. The van der Waals surface area contributed by atoms with Crippen LogP contribution in [0.25, 0.3) is 0 Å². The number of carbonyl (C=O) groups is 3. The molecule has 1 atom stereocenters. The molecule has 166 valence electrons. The number of allylic oxidation sites excluding steroid dienone is 1. The lowest BCUT2D eigenvalue weighted by atomic mass is 9.66. The topological polar surface area (TPSA) is 117 Å². The van der Waals surface area contributed by atoms with Gasteiger partial charge in [-0.15, -0.1) is 0 Å². The minimum Gasteiger partial charge on any atom is -0.462 e. The van der Waals surface area contributed by atoms with Gasteiger partial charge in [0.25, 0.3) is 0 Å². The SMILES string of the molecule is CCCC1=C(C(=O)OCC)[C@]2(C(=O)O1)C(C(=O)OC(C)C)=C(N)Nc1ccc(Br)cc12. The monoisotopic (exact) mass is 492 g/mol. The second kappa shape index (κ2) is 8.74. The Balaban J connectivity index is 2.42. The fraction of sp³-hybridized carbons (Fsp3) is 0.409. The second-order valence-corrected chi connectivity index (χ2v) is 8.38. The van der Waals surface area contributed by atoms with Gasteiger partial charge >= 0.3 is 17.9 Å². The summed E-state index contributed by atoms with van der Waals surface area (Å²) in [6.45, 7) is 6.99. The molecule has 1 aromatic carbocycles. The summed E-state index contributed by atoms with van der Waals surface area (Å²) in [6.07, 6.45) is 0.442. The van der Waals surface area contributed by atoms with Crippen molar-refractivity contribution in [1.29, 1.82) is 0 Å². The molecule has 2 heterocycles. The van der Waals surface area contributed by atoms with Crippen molar-refractivity contribution in [2.45, 2.75) is 52.1 Å². The number of rotatable bonds is 6. The number of hydrogen-bond acceptors (Lipinski definition) is 8. The van der Waals surface area contributed by atoms with Crippen molar-refractivity contribution in [1.82, 2.24) is 0 Å². The summed E-state index contributed by atoms with van der Waals surface area (Å²) in [5, 5.41) is 2.95. The van der Waals surface area contributed by atoms with Crippen molar-refractivity contribution in [3.05, 3.63) is 51.0 Å². The standard InChI is InChI=1S/C22H25BrN2O6/c1-5-7-15-16(19(26)29-6-2)22(21(28)31-15)13-10-12(23)8-9-14(13)25-18(24)17(22)20(27)30-11(3)4/h8-11,25H,5-7,24H2,1-4H3/t22-/m0/s1. The summed E-state index contributed by atoms with van der Waals surface area (Å²) in [5.41, 5.74) is 4.94. The van der Waals surface area contributed by atoms with Gasteiger partial charge in [-0.2, -0.15) is 0 Å². The number of ether oxygens (including phenoxy) is 3. The Morgan fingerprint density at radius 2 is 1.94 bits per heavy atom. The summed E-state index contributed by atoms with van der Waals surface area (Å²) < 4.78 is 17.0. The smallest absolute Gasteiger partial charge is 0.339 e. The quantitative estimate of drug-likeness (QED) is 0.458. The number of halogens is 1. The lowest BCUT2D eigenvalue weighted by Gasteiger charge is -2.36. The highest BCUT2D eigenvalue weighted by Crippen LogP contribution is 2.53. The minimum absolute atomic E-state index is 0.0410. The number of fused-ring (bicyclic) bond motifs is 2. The molecule has 0 aliphatic carbocycles. The van der Waals surface area contributed by atoms with E-state index in [2.05, 4.69) is 21.2 Å². The van der Waals surface area contributed by atoms with Crippen molar-refractivity contribution in [3.8, 4) is 0 Å². The van der Waals surface area contributed by atoms with Crippen LogP contribution in [0.2, 0.25) is 0 Å². The van der Waals surface area contributed by atoms with Crippen LogP contribution in [0.4, 0.5) is 5.69 Å². The number of esters is 3. The summed E-state index contributed by atoms with van der Waals surface area (Å²) in [5.74, 6) is -2.27. The molecule has 0 saturated carbocycles. The Bertz CT molecular complexity index is 1010. The van der Waals surface area contributed by atoms with E-state index >= 15 is 0 Å². The van der Waals surface area contributed by atoms with Crippen LogP contribution in [0, 0.1) is 0 Å². The van der Waals surface area contributed by atoms with E-state index in [4.69, 9.17) is 19.9 Å².